The minimum Gasteiger partial charge on any atom is -0.497 e. The van der Waals surface area contributed by atoms with Crippen molar-refractivity contribution in [1.82, 2.24) is 10.2 Å². The van der Waals surface area contributed by atoms with Crippen LogP contribution in [0, 0.1) is 0 Å². The van der Waals surface area contributed by atoms with Gasteiger partial charge in [-0.25, -0.2) is 0 Å². The number of carbonyl (C=O) groups excluding carboxylic acids is 1. The number of carbonyl (C=O) groups is 1. The number of rotatable bonds is 6. The number of likely N-dealkylation sites (tertiary alicyclic amines) is 1. The van der Waals surface area contributed by atoms with Gasteiger partial charge in [-0.1, -0.05) is 23.2 Å². The number of hydrogen-bond donors (Lipinski definition) is 1. The van der Waals surface area contributed by atoms with Gasteiger partial charge in [0, 0.05) is 24.7 Å². The molecule has 0 saturated carbocycles. The van der Waals surface area contributed by atoms with Gasteiger partial charge < -0.3 is 14.8 Å². The molecule has 5 nitrogen and oxygen atoms in total. The molecule has 1 atom stereocenters. The second-order valence-corrected chi connectivity index (χ2v) is 7.62. The zero-order chi connectivity index (χ0) is 20.1. The Hall–Kier alpha value is -1.95. The van der Waals surface area contributed by atoms with Crippen LogP contribution in [0.5, 0.6) is 11.5 Å². The minimum atomic E-state index is -0.0932. The van der Waals surface area contributed by atoms with Crippen LogP contribution in [0.3, 0.4) is 0 Å². The van der Waals surface area contributed by atoms with Crippen LogP contribution in [0.4, 0.5) is 0 Å². The predicted octanol–water partition coefficient (Wildman–Crippen LogP) is 4.62. The SMILES string of the molecule is COc1ccc(C(=O)NC(C)N2CCC(Oc3ccc(Cl)c(Cl)c3)CC2)cc1. The number of piperidine rings is 1. The standard InChI is InChI=1S/C21H24Cl2N2O3/c1-14(24-21(26)15-3-5-16(27-2)6-4-15)25-11-9-17(10-12-25)28-18-7-8-19(22)20(23)13-18/h3-8,13-14,17H,9-12H2,1-2H3,(H,24,26). The van der Waals surface area contributed by atoms with Crippen LogP contribution in [0.15, 0.2) is 42.5 Å². The van der Waals surface area contributed by atoms with Gasteiger partial charge in [0.2, 0.25) is 0 Å². The maximum atomic E-state index is 12.4. The Bertz CT molecular complexity index is 806. The molecule has 0 spiro atoms. The van der Waals surface area contributed by atoms with Crippen molar-refractivity contribution in [2.75, 3.05) is 20.2 Å². The molecule has 2 aromatic rings. The molecule has 0 aliphatic carbocycles. The average Bonchev–Trinajstić information content (AvgIpc) is 2.71. The van der Waals surface area contributed by atoms with Crippen molar-refractivity contribution < 1.29 is 14.3 Å². The van der Waals surface area contributed by atoms with Gasteiger partial charge in [0.1, 0.15) is 17.6 Å². The van der Waals surface area contributed by atoms with Crippen LogP contribution in [0.1, 0.15) is 30.1 Å². The van der Waals surface area contributed by atoms with Crippen LogP contribution in [0.25, 0.3) is 0 Å². The van der Waals surface area contributed by atoms with Crippen molar-refractivity contribution in [2.24, 2.45) is 0 Å². The molecule has 28 heavy (non-hydrogen) atoms. The van der Waals surface area contributed by atoms with E-state index in [0.29, 0.717) is 15.6 Å². The summed E-state index contributed by atoms with van der Waals surface area (Å²) in [6.07, 6.45) is 1.82. The summed E-state index contributed by atoms with van der Waals surface area (Å²) < 4.78 is 11.1. The van der Waals surface area contributed by atoms with E-state index in [2.05, 4.69) is 10.2 Å². The molecular formula is C21H24Cl2N2O3. The molecule has 7 heteroatoms. The first kappa shape index (κ1) is 20.8. The third kappa shape index (κ3) is 5.31. The summed E-state index contributed by atoms with van der Waals surface area (Å²) in [5.74, 6) is 1.37. The summed E-state index contributed by atoms with van der Waals surface area (Å²) in [5, 5.41) is 4.07. The fraction of sp³-hybridized carbons (Fsp3) is 0.381. The number of halogens is 2. The molecular weight excluding hydrogens is 399 g/mol. The third-order valence-electron chi connectivity index (χ3n) is 4.91. The summed E-state index contributed by atoms with van der Waals surface area (Å²) in [6, 6.07) is 12.4. The monoisotopic (exact) mass is 422 g/mol. The van der Waals surface area contributed by atoms with Crippen LogP contribution < -0.4 is 14.8 Å². The van der Waals surface area contributed by atoms with Crippen molar-refractivity contribution in [2.45, 2.75) is 32.0 Å². The summed E-state index contributed by atoms with van der Waals surface area (Å²) in [6.45, 7) is 3.69. The maximum absolute atomic E-state index is 12.4. The number of ether oxygens (including phenoxy) is 2. The lowest BCUT2D eigenvalue weighted by atomic mass is 10.1. The highest BCUT2D eigenvalue weighted by molar-refractivity contribution is 6.42. The molecule has 1 fully saturated rings. The summed E-state index contributed by atoms with van der Waals surface area (Å²) >= 11 is 12.0. The lowest BCUT2D eigenvalue weighted by Gasteiger charge is -2.36. The van der Waals surface area contributed by atoms with E-state index in [-0.39, 0.29) is 18.2 Å². The Morgan fingerprint density at radius 2 is 1.71 bits per heavy atom. The molecule has 1 amide bonds. The first-order valence-corrected chi connectivity index (χ1v) is 10.0. The van der Waals surface area contributed by atoms with E-state index in [1.54, 1.807) is 43.5 Å². The molecule has 3 rings (SSSR count). The van der Waals surface area contributed by atoms with E-state index < -0.39 is 0 Å². The van der Waals surface area contributed by atoms with E-state index in [4.69, 9.17) is 32.7 Å². The van der Waals surface area contributed by atoms with E-state index in [0.717, 1.165) is 37.4 Å². The Kier molecular flexibility index (Phi) is 7.05. The molecule has 1 aliphatic heterocycles. The van der Waals surface area contributed by atoms with Crippen molar-refractivity contribution in [3.05, 3.63) is 58.1 Å². The Balaban J connectivity index is 1.48. The van der Waals surface area contributed by atoms with E-state index in [1.165, 1.54) is 0 Å². The van der Waals surface area contributed by atoms with Gasteiger partial charge in [-0.05, 0) is 56.2 Å². The zero-order valence-electron chi connectivity index (χ0n) is 16.0. The highest BCUT2D eigenvalue weighted by Crippen LogP contribution is 2.28. The summed E-state index contributed by atoms with van der Waals surface area (Å²) in [5.41, 5.74) is 0.616. The lowest BCUT2D eigenvalue weighted by molar-refractivity contribution is 0.0625. The third-order valence-corrected chi connectivity index (χ3v) is 5.65. The fourth-order valence-corrected chi connectivity index (χ4v) is 3.52. The number of hydrogen-bond acceptors (Lipinski definition) is 4. The van der Waals surface area contributed by atoms with Crippen LogP contribution in [-0.4, -0.2) is 43.3 Å². The van der Waals surface area contributed by atoms with Gasteiger partial charge in [-0.15, -0.1) is 0 Å². The second-order valence-electron chi connectivity index (χ2n) is 6.81. The second kappa shape index (κ2) is 9.50. The number of nitrogens with one attached hydrogen (secondary N) is 1. The maximum Gasteiger partial charge on any atom is 0.252 e. The van der Waals surface area contributed by atoms with Crippen LogP contribution >= 0.6 is 23.2 Å². The molecule has 2 aromatic carbocycles. The summed E-state index contributed by atoms with van der Waals surface area (Å²) in [7, 11) is 1.60. The Morgan fingerprint density at radius 3 is 2.32 bits per heavy atom. The molecule has 1 heterocycles. The smallest absolute Gasteiger partial charge is 0.252 e. The average molecular weight is 423 g/mol. The van der Waals surface area contributed by atoms with E-state index in [1.807, 2.05) is 13.0 Å². The molecule has 1 saturated heterocycles. The fourth-order valence-electron chi connectivity index (χ4n) is 3.23. The molecule has 0 aromatic heterocycles. The van der Waals surface area contributed by atoms with Gasteiger partial charge in [0.15, 0.2) is 0 Å². The van der Waals surface area contributed by atoms with Crippen molar-refractivity contribution in [3.63, 3.8) is 0 Å². The van der Waals surface area contributed by atoms with Crippen molar-refractivity contribution >= 4 is 29.1 Å². The van der Waals surface area contributed by atoms with Crippen molar-refractivity contribution in [1.29, 1.82) is 0 Å². The van der Waals surface area contributed by atoms with Crippen LogP contribution in [-0.2, 0) is 0 Å². The number of nitrogens with zero attached hydrogens (tertiary/aromatic N) is 1. The minimum absolute atomic E-state index is 0.0551. The van der Waals surface area contributed by atoms with Gasteiger partial charge in [-0.3, -0.25) is 9.69 Å². The number of amides is 1. The van der Waals surface area contributed by atoms with Gasteiger partial charge in [0.25, 0.3) is 5.91 Å². The molecule has 1 unspecified atom stereocenters. The topological polar surface area (TPSA) is 50.8 Å². The lowest BCUT2D eigenvalue weighted by Crippen LogP contribution is -2.50. The predicted molar refractivity (Wildman–Crippen MR) is 112 cm³/mol. The van der Waals surface area contributed by atoms with E-state index >= 15 is 0 Å². The van der Waals surface area contributed by atoms with Crippen LogP contribution in [0.2, 0.25) is 10.0 Å². The zero-order valence-corrected chi connectivity index (χ0v) is 17.5. The molecule has 1 N–H and O–H groups in total. The van der Waals surface area contributed by atoms with Gasteiger partial charge in [-0.2, -0.15) is 0 Å². The molecule has 1 aliphatic rings. The Morgan fingerprint density at radius 1 is 1.07 bits per heavy atom. The highest BCUT2D eigenvalue weighted by atomic mass is 35.5. The quantitative estimate of drug-likeness (QED) is 0.737. The van der Waals surface area contributed by atoms with Gasteiger partial charge >= 0.3 is 0 Å². The largest absolute Gasteiger partial charge is 0.497 e. The molecule has 0 bridgehead atoms. The first-order valence-electron chi connectivity index (χ1n) is 9.27. The number of methoxy groups -OCH3 is 1. The molecule has 150 valence electrons. The Labute approximate surface area is 175 Å². The van der Waals surface area contributed by atoms with Gasteiger partial charge in [0.05, 0.1) is 23.3 Å². The number of benzene rings is 2. The highest BCUT2D eigenvalue weighted by Gasteiger charge is 2.25. The van der Waals surface area contributed by atoms with Crippen molar-refractivity contribution in [3.8, 4) is 11.5 Å². The normalized spacial score (nSPS) is 16.4. The van der Waals surface area contributed by atoms with E-state index in [9.17, 15) is 4.79 Å². The first-order chi connectivity index (χ1) is 13.5. The molecule has 0 radical (unpaired) electrons. The summed E-state index contributed by atoms with van der Waals surface area (Å²) in [4.78, 5) is 14.7.